The van der Waals surface area contributed by atoms with E-state index in [9.17, 15) is 19.8 Å². The summed E-state index contributed by atoms with van der Waals surface area (Å²) >= 11 is 0. The third-order valence-electron chi connectivity index (χ3n) is 7.19. The number of nitrogens with one attached hydrogen (secondary N) is 1. The molecule has 1 aromatic carbocycles. The number of aromatic hydroxyl groups is 1. The smallest absolute Gasteiger partial charge is 0.225 e. The van der Waals surface area contributed by atoms with Crippen molar-refractivity contribution in [1.29, 1.82) is 0 Å². The van der Waals surface area contributed by atoms with E-state index in [4.69, 9.17) is 0 Å². The number of carbonyl (C=O) groups is 2. The molecule has 1 amide bonds. The first-order valence-electron chi connectivity index (χ1n) is 10.1. The lowest BCUT2D eigenvalue weighted by Gasteiger charge is -2.63. The lowest BCUT2D eigenvalue weighted by atomic mass is 9.48. The van der Waals surface area contributed by atoms with E-state index >= 15 is 0 Å². The third-order valence-corrected chi connectivity index (χ3v) is 7.19. The normalized spacial score (nSPS) is 35.1. The third kappa shape index (κ3) is 2.61. The summed E-state index contributed by atoms with van der Waals surface area (Å²) in [4.78, 5) is 27.8. The van der Waals surface area contributed by atoms with Crippen molar-refractivity contribution in [3.63, 3.8) is 0 Å². The van der Waals surface area contributed by atoms with Gasteiger partial charge < -0.3 is 20.4 Å². The number of hydrogen-bond donors (Lipinski definition) is 3. The van der Waals surface area contributed by atoms with Crippen LogP contribution < -0.4 is 5.32 Å². The number of likely N-dealkylation sites (tertiary alicyclic amines) is 1. The highest BCUT2D eigenvalue weighted by molar-refractivity contribution is 5.93. The molecule has 2 bridgehead atoms. The Bertz CT molecular complexity index is 845. The summed E-state index contributed by atoms with van der Waals surface area (Å²) in [5, 5.41) is 25.0. The van der Waals surface area contributed by atoms with Gasteiger partial charge >= 0.3 is 0 Å². The fourth-order valence-corrected chi connectivity index (χ4v) is 5.53. The number of phenols is 1. The molecule has 2 aliphatic carbocycles. The van der Waals surface area contributed by atoms with Crippen molar-refractivity contribution >= 4 is 11.7 Å². The lowest BCUT2D eigenvalue weighted by Crippen LogP contribution is -2.75. The van der Waals surface area contributed by atoms with E-state index < -0.39 is 22.5 Å². The molecule has 0 aromatic heterocycles. The average molecular weight is 386 g/mol. The summed E-state index contributed by atoms with van der Waals surface area (Å²) in [6.07, 6.45) is 1.70. The summed E-state index contributed by atoms with van der Waals surface area (Å²) in [5.74, 6) is -0.0667. The van der Waals surface area contributed by atoms with Gasteiger partial charge in [-0.3, -0.25) is 9.59 Å². The Morgan fingerprint density at radius 2 is 2.04 bits per heavy atom. The van der Waals surface area contributed by atoms with Crippen LogP contribution in [0.4, 0.5) is 0 Å². The number of phenolic OH excluding ortho intramolecular Hbond substituents is 1. The van der Waals surface area contributed by atoms with Gasteiger partial charge in [-0.15, -0.1) is 0 Å². The average Bonchev–Trinajstić information content (AvgIpc) is 2.59. The number of ketones is 1. The first kappa shape index (κ1) is 19.4. The molecule has 1 unspecified atom stereocenters. The molecule has 6 heteroatoms. The SMILES string of the molecule is CN1CCC23CC(=O)[C@@H](NC(=O)C(C)(C)C)C[C@@]2(O)[C@H]1Cc1ccc(O)cc13. The second-order valence-corrected chi connectivity index (χ2v) is 9.92. The highest BCUT2D eigenvalue weighted by Crippen LogP contribution is 2.57. The summed E-state index contributed by atoms with van der Waals surface area (Å²) in [6, 6.07) is 4.50. The second kappa shape index (κ2) is 6.04. The van der Waals surface area contributed by atoms with Crippen LogP contribution in [0.3, 0.4) is 0 Å². The summed E-state index contributed by atoms with van der Waals surface area (Å²) < 4.78 is 0. The number of likely N-dealkylation sites (N-methyl/N-ethyl adjacent to an activating group) is 1. The van der Waals surface area contributed by atoms with E-state index in [0.717, 1.165) is 17.7 Å². The van der Waals surface area contributed by atoms with Crippen molar-refractivity contribution in [2.24, 2.45) is 5.41 Å². The minimum atomic E-state index is -1.13. The van der Waals surface area contributed by atoms with Gasteiger partial charge in [-0.25, -0.2) is 0 Å². The zero-order valence-electron chi connectivity index (χ0n) is 17.1. The number of aliphatic hydroxyl groups is 1. The molecule has 152 valence electrons. The first-order valence-corrected chi connectivity index (χ1v) is 10.1. The number of rotatable bonds is 1. The van der Waals surface area contributed by atoms with Crippen molar-refractivity contribution in [3.05, 3.63) is 29.3 Å². The van der Waals surface area contributed by atoms with Crippen LogP contribution in [0.5, 0.6) is 5.75 Å². The largest absolute Gasteiger partial charge is 0.508 e. The Labute approximate surface area is 165 Å². The molecule has 0 radical (unpaired) electrons. The van der Waals surface area contributed by atoms with Gasteiger partial charge in [0.15, 0.2) is 5.78 Å². The van der Waals surface area contributed by atoms with Crippen LogP contribution in [0.1, 0.15) is 51.2 Å². The van der Waals surface area contributed by atoms with Crippen LogP contribution in [-0.2, 0) is 21.4 Å². The number of hydrogen-bond acceptors (Lipinski definition) is 5. The quantitative estimate of drug-likeness (QED) is 0.681. The van der Waals surface area contributed by atoms with Crippen molar-refractivity contribution in [1.82, 2.24) is 10.2 Å². The highest BCUT2D eigenvalue weighted by Gasteiger charge is 2.66. The topological polar surface area (TPSA) is 89.9 Å². The Morgan fingerprint density at radius 3 is 2.71 bits per heavy atom. The van der Waals surface area contributed by atoms with Gasteiger partial charge in [0.05, 0.1) is 11.6 Å². The summed E-state index contributed by atoms with van der Waals surface area (Å²) in [7, 11) is 2.01. The van der Waals surface area contributed by atoms with Crippen LogP contribution in [0, 0.1) is 5.41 Å². The number of Topliss-reactive ketones (excluding diaryl/α,β-unsaturated/α-hetero) is 1. The molecule has 1 aliphatic heterocycles. The molecule has 4 atom stereocenters. The number of nitrogens with zero attached hydrogens (tertiary/aromatic N) is 1. The Morgan fingerprint density at radius 1 is 1.32 bits per heavy atom. The van der Waals surface area contributed by atoms with Crippen LogP contribution in [0.15, 0.2) is 18.2 Å². The molecule has 2 fully saturated rings. The Kier molecular flexibility index (Phi) is 4.18. The fourth-order valence-electron chi connectivity index (χ4n) is 5.53. The molecule has 28 heavy (non-hydrogen) atoms. The summed E-state index contributed by atoms with van der Waals surface area (Å²) in [5.41, 5.74) is -0.464. The number of carbonyl (C=O) groups excluding carboxylic acids is 2. The standard InChI is InChI=1S/C22H30N2O4/c1-20(2,3)19(27)23-16-11-22(28)18-9-13-5-6-14(25)10-15(13)21(22,12-17(16)26)7-8-24(18)4/h5-6,10,16,18,25,28H,7-9,11-12H2,1-4H3,(H,23,27)/t16-,18+,21?,22+/m0/s1. The minimum absolute atomic E-state index is 0.0400. The lowest BCUT2D eigenvalue weighted by molar-refractivity contribution is -0.174. The minimum Gasteiger partial charge on any atom is -0.508 e. The van der Waals surface area contributed by atoms with Crippen molar-refractivity contribution < 1.29 is 19.8 Å². The number of amides is 1. The molecule has 4 rings (SSSR count). The maximum absolute atomic E-state index is 13.1. The molecule has 1 saturated heterocycles. The molecule has 1 saturated carbocycles. The number of piperidine rings is 1. The molecular weight excluding hydrogens is 356 g/mol. The molecule has 0 spiro atoms. The molecular formula is C22H30N2O4. The highest BCUT2D eigenvalue weighted by atomic mass is 16.3. The van der Waals surface area contributed by atoms with Gasteiger partial charge in [-0.05, 0) is 49.7 Å². The fraction of sp³-hybridized carbons (Fsp3) is 0.636. The first-order chi connectivity index (χ1) is 13.0. The summed E-state index contributed by atoms with van der Waals surface area (Å²) in [6.45, 7) is 6.23. The molecule has 3 N–H and O–H groups in total. The van der Waals surface area contributed by atoms with Gasteiger partial charge in [0.2, 0.25) is 5.91 Å². The predicted molar refractivity (Wildman–Crippen MR) is 105 cm³/mol. The maximum Gasteiger partial charge on any atom is 0.225 e. The van der Waals surface area contributed by atoms with E-state index in [1.54, 1.807) is 12.1 Å². The Balaban J connectivity index is 1.78. The van der Waals surface area contributed by atoms with Crippen molar-refractivity contribution in [3.8, 4) is 5.75 Å². The van der Waals surface area contributed by atoms with Gasteiger partial charge in [-0.2, -0.15) is 0 Å². The van der Waals surface area contributed by atoms with Crippen LogP contribution in [-0.4, -0.2) is 58.1 Å². The van der Waals surface area contributed by atoms with E-state index in [0.29, 0.717) is 12.8 Å². The van der Waals surface area contributed by atoms with Gasteiger partial charge in [0, 0.05) is 29.7 Å². The van der Waals surface area contributed by atoms with Gasteiger partial charge in [0.1, 0.15) is 5.75 Å². The number of fused-ring (bicyclic) bond motifs is 1. The predicted octanol–water partition coefficient (Wildman–Crippen LogP) is 1.52. The number of benzene rings is 1. The van der Waals surface area contributed by atoms with Crippen LogP contribution >= 0.6 is 0 Å². The van der Waals surface area contributed by atoms with E-state index in [1.165, 1.54) is 0 Å². The zero-order valence-corrected chi connectivity index (χ0v) is 17.1. The molecule has 6 nitrogen and oxygen atoms in total. The monoisotopic (exact) mass is 386 g/mol. The maximum atomic E-state index is 13.1. The van der Waals surface area contributed by atoms with Crippen LogP contribution in [0.25, 0.3) is 0 Å². The van der Waals surface area contributed by atoms with E-state index in [-0.39, 0.29) is 36.3 Å². The molecule has 3 aliphatic rings. The van der Waals surface area contributed by atoms with E-state index in [1.807, 2.05) is 33.9 Å². The zero-order chi connectivity index (χ0) is 20.5. The molecule has 1 heterocycles. The Hall–Kier alpha value is -1.92. The van der Waals surface area contributed by atoms with Gasteiger partial charge in [-0.1, -0.05) is 26.8 Å². The van der Waals surface area contributed by atoms with Gasteiger partial charge in [0.25, 0.3) is 0 Å². The van der Waals surface area contributed by atoms with Crippen LogP contribution in [0.2, 0.25) is 0 Å². The van der Waals surface area contributed by atoms with Crippen molar-refractivity contribution in [2.45, 2.75) is 69.6 Å². The molecule has 1 aromatic rings. The van der Waals surface area contributed by atoms with E-state index in [2.05, 4.69) is 10.2 Å². The van der Waals surface area contributed by atoms with Crippen molar-refractivity contribution in [2.75, 3.05) is 13.6 Å². The second-order valence-electron chi connectivity index (χ2n) is 9.92.